The molecule has 2 nitrogen and oxygen atoms in total. The fourth-order valence-electron chi connectivity index (χ4n) is 2.08. The highest BCUT2D eigenvalue weighted by molar-refractivity contribution is 4.85. The molecule has 92 valence electrons. The van der Waals surface area contributed by atoms with Gasteiger partial charge < -0.3 is 10.4 Å². The Kier molecular flexibility index (Phi) is 7.20. The average Bonchev–Trinajstić information content (AvgIpc) is 2.16. The van der Waals surface area contributed by atoms with Gasteiger partial charge in [-0.3, -0.25) is 0 Å². The molecule has 0 aliphatic rings. The summed E-state index contributed by atoms with van der Waals surface area (Å²) in [5.41, 5.74) is 0.140. The second-order valence-electron chi connectivity index (χ2n) is 5.20. The molecular weight excluding hydrogens is 186 g/mol. The van der Waals surface area contributed by atoms with Crippen LogP contribution in [-0.2, 0) is 0 Å². The highest BCUT2D eigenvalue weighted by atomic mass is 16.3. The molecule has 0 amide bonds. The number of hydrogen-bond donors (Lipinski definition) is 2. The van der Waals surface area contributed by atoms with Crippen LogP contribution in [0.3, 0.4) is 0 Å². The summed E-state index contributed by atoms with van der Waals surface area (Å²) < 4.78 is 0. The molecule has 0 radical (unpaired) electrons. The number of aliphatic hydroxyl groups excluding tert-OH is 1. The second-order valence-corrected chi connectivity index (χ2v) is 5.20. The van der Waals surface area contributed by atoms with Crippen LogP contribution in [0, 0.1) is 5.92 Å². The van der Waals surface area contributed by atoms with E-state index in [0.717, 1.165) is 0 Å². The molecule has 0 rings (SSSR count). The van der Waals surface area contributed by atoms with Crippen molar-refractivity contribution in [3.63, 3.8) is 0 Å². The Bertz CT molecular complexity index is 155. The van der Waals surface area contributed by atoms with Gasteiger partial charge in [0, 0.05) is 12.1 Å². The number of β-amino-alcohol motifs (C(OH)–C–C–N with tert-alkyl or cyclic N) is 1. The molecule has 2 heteroatoms. The fourth-order valence-corrected chi connectivity index (χ4v) is 2.08. The zero-order chi connectivity index (χ0) is 11.9. The third-order valence-corrected chi connectivity index (χ3v) is 3.27. The Morgan fingerprint density at radius 3 is 2.27 bits per heavy atom. The van der Waals surface area contributed by atoms with Gasteiger partial charge in [-0.05, 0) is 33.1 Å². The van der Waals surface area contributed by atoms with Gasteiger partial charge in [0.25, 0.3) is 0 Å². The molecule has 0 aromatic carbocycles. The number of rotatable bonds is 8. The van der Waals surface area contributed by atoms with E-state index in [9.17, 15) is 5.11 Å². The van der Waals surface area contributed by atoms with Crippen LogP contribution in [0.15, 0.2) is 0 Å². The van der Waals surface area contributed by atoms with E-state index in [1.165, 1.54) is 25.7 Å². The third kappa shape index (κ3) is 6.16. The topological polar surface area (TPSA) is 32.3 Å². The van der Waals surface area contributed by atoms with E-state index in [4.69, 9.17) is 0 Å². The van der Waals surface area contributed by atoms with Gasteiger partial charge in [0.15, 0.2) is 0 Å². The van der Waals surface area contributed by atoms with Crippen LogP contribution in [0.25, 0.3) is 0 Å². The van der Waals surface area contributed by atoms with Gasteiger partial charge >= 0.3 is 0 Å². The Morgan fingerprint density at radius 1 is 1.27 bits per heavy atom. The lowest BCUT2D eigenvalue weighted by Gasteiger charge is -2.35. The molecule has 0 fully saturated rings. The molecule has 0 saturated heterocycles. The molecule has 0 spiro atoms. The molecule has 0 aliphatic heterocycles. The lowest BCUT2D eigenvalue weighted by molar-refractivity contribution is 0.153. The lowest BCUT2D eigenvalue weighted by atomic mass is 9.81. The maximum Gasteiger partial charge on any atom is 0.0636 e. The van der Waals surface area contributed by atoms with E-state index >= 15 is 0 Å². The molecule has 0 aliphatic carbocycles. The predicted molar refractivity (Wildman–Crippen MR) is 67.1 cm³/mol. The summed E-state index contributed by atoms with van der Waals surface area (Å²) >= 11 is 0. The van der Waals surface area contributed by atoms with Crippen molar-refractivity contribution in [3.05, 3.63) is 0 Å². The minimum Gasteiger partial charge on any atom is -0.392 e. The summed E-state index contributed by atoms with van der Waals surface area (Å²) in [6.07, 6.45) is 4.81. The summed E-state index contributed by atoms with van der Waals surface area (Å²) in [6, 6.07) is 0. The zero-order valence-electron chi connectivity index (χ0n) is 11.1. The zero-order valence-corrected chi connectivity index (χ0v) is 11.1. The molecule has 0 bridgehead atoms. The maximum absolute atomic E-state index is 9.28. The Labute approximate surface area is 95.5 Å². The first-order valence-corrected chi connectivity index (χ1v) is 6.37. The van der Waals surface area contributed by atoms with E-state index in [-0.39, 0.29) is 11.6 Å². The van der Waals surface area contributed by atoms with E-state index < -0.39 is 0 Å². The van der Waals surface area contributed by atoms with Gasteiger partial charge in [-0.15, -0.1) is 0 Å². The Balaban J connectivity index is 4.11. The van der Waals surface area contributed by atoms with Crippen molar-refractivity contribution >= 4 is 0 Å². The lowest BCUT2D eigenvalue weighted by Crippen LogP contribution is -2.48. The number of unbranched alkanes of at least 4 members (excludes halogenated alkanes) is 1. The standard InChI is InChI=1S/C13H29NO/c1-6-8-9-12(7-2)13(4,5)14-10-11(3)15/h11-12,14-15H,6-10H2,1-5H3. The second kappa shape index (κ2) is 7.24. The first-order chi connectivity index (χ1) is 6.94. The van der Waals surface area contributed by atoms with Gasteiger partial charge in [-0.1, -0.05) is 33.1 Å². The summed E-state index contributed by atoms with van der Waals surface area (Å²) in [5.74, 6) is 0.705. The van der Waals surface area contributed by atoms with Crippen molar-refractivity contribution in [1.29, 1.82) is 0 Å². The highest BCUT2D eigenvalue weighted by Crippen LogP contribution is 2.25. The van der Waals surface area contributed by atoms with Crippen LogP contribution in [-0.4, -0.2) is 23.3 Å². The van der Waals surface area contributed by atoms with E-state index in [1.54, 1.807) is 0 Å². The van der Waals surface area contributed by atoms with E-state index in [1.807, 2.05) is 6.92 Å². The molecule has 0 saturated carbocycles. The molecule has 0 aromatic rings. The molecule has 2 unspecified atom stereocenters. The molecule has 2 atom stereocenters. The Hall–Kier alpha value is -0.0800. The van der Waals surface area contributed by atoms with Crippen molar-refractivity contribution in [2.75, 3.05) is 6.54 Å². The minimum absolute atomic E-state index is 0.140. The monoisotopic (exact) mass is 215 g/mol. The summed E-state index contributed by atoms with van der Waals surface area (Å²) in [4.78, 5) is 0. The fraction of sp³-hybridized carbons (Fsp3) is 1.00. The van der Waals surface area contributed by atoms with Gasteiger partial charge in [-0.2, -0.15) is 0 Å². The quantitative estimate of drug-likeness (QED) is 0.652. The summed E-state index contributed by atoms with van der Waals surface area (Å²) in [5, 5.41) is 12.8. The predicted octanol–water partition coefficient (Wildman–Crippen LogP) is 2.95. The van der Waals surface area contributed by atoms with Crippen molar-refractivity contribution in [2.24, 2.45) is 5.92 Å². The van der Waals surface area contributed by atoms with Crippen LogP contribution >= 0.6 is 0 Å². The summed E-state index contributed by atoms with van der Waals surface area (Å²) in [6.45, 7) is 11.5. The summed E-state index contributed by atoms with van der Waals surface area (Å²) in [7, 11) is 0. The van der Waals surface area contributed by atoms with E-state index in [0.29, 0.717) is 12.5 Å². The van der Waals surface area contributed by atoms with Gasteiger partial charge in [0.2, 0.25) is 0 Å². The van der Waals surface area contributed by atoms with E-state index in [2.05, 4.69) is 33.0 Å². The molecular formula is C13H29NO. The highest BCUT2D eigenvalue weighted by Gasteiger charge is 2.26. The first kappa shape index (κ1) is 14.9. The molecule has 0 heterocycles. The van der Waals surface area contributed by atoms with Crippen LogP contribution in [0.2, 0.25) is 0 Å². The molecule has 2 N–H and O–H groups in total. The largest absolute Gasteiger partial charge is 0.392 e. The van der Waals surface area contributed by atoms with Crippen LogP contribution in [0.4, 0.5) is 0 Å². The number of hydrogen-bond acceptors (Lipinski definition) is 2. The average molecular weight is 215 g/mol. The van der Waals surface area contributed by atoms with Crippen molar-refractivity contribution < 1.29 is 5.11 Å². The van der Waals surface area contributed by atoms with Crippen LogP contribution < -0.4 is 5.32 Å². The number of aliphatic hydroxyl groups is 1. The van der Waals surface area contributed by atoms with Crippen molar-refractivity contribution in [3.8, 4) is 0 Å². The SMILES string of the molecule is CCCCC(CC)C(C)(C)NCC(C)O. The Morgan fingerprint density at radius 2 is 1.87 bits per heavy atom. The number of nitrogens with one attached hydrogen (secondary N) is 1. The maximum atomic E-state index is 9.28. The van der Waals surface area contributed by atoms with Crippen LogP contribution in [0.1, 0.15) is 60.3 Å². The minimum atomic E-state index is -0.257. The van der Waals surface area contributed by atoms with Gasteiger partial charge in [-0.25, -0.2) is 0 Å². The normalized spacial score (nSPS) is 16.4. The van der Waals surface area contributed by atoms with Crippen LogP contribution in [0.5, 0.6) is 0 Å². The van der Waals surface area contributed by atoms with Gasteiger partial charge in [0.05, 0.1) is 6.10 Å². The van der Waals surface area contributed by atoms with Gasteiger partial charge in [0.1, 0.15) is 0 Å². The molecule has 15 heavy (non-hydrogen) atoms. The smallest absolute Gasteiger partial charge is 0.0636 e. The molecule has 0 aromatic heterocycles. The first-order valence-electron chi connectivity index (χ1n) is 6.37. The van der Waals surface area contributed by atoms with Crippen molar-refractivity contribution in [2.45, 2.75) is 71.9 Å². The van der Waals surface area contributed by atoms with Crippen molar-refractivity contribution in [1.82, 2.24) is 5.32 Å². The third-order valence-electron chi connectivity index (χ3n) is 3.27.